The molecule has 17 heavy (non-hydrogen) atoms. The summed E-state index contributed by atoms with van der Waals surface area (Å²) in [7, 11) is 3.87. The van der Waals surface area contributed by atoms with E-state index in [1.165, 1.54) is 0 Å². The van der Waals surface area contributed by atoms with Crippen LogP contribution < -0.4 is 4.90 Å². The lowest BCUT2D eigenvalue weighted by Gasteiger charge is -2.17. The lowest BCUT2D eigenvalue weighted by Crippen LogP contribution is -2.20. The van der Waals surface area contributed by atoms with Crippen molar-refractivity contribution in [2.75, 3.05) is 11.9 Å². The molecule has 2 aromatic heterocycles. The number of rotatable bonds is 4. The zero-order chi connectivity index (χ0) is 12.3. The fourth-order valence-corrected chi connectivity index (χ4v) is 1.50. The standard InChI is InChI=1S/C11H15N5O/c1-15-4-3-13-11(15)7-16(2)10-6-12-5-9(8-17)14-10/h3-6,17H,7-8H2,1-2H3. The first-order chi connectivity index (χ1) is 8.20. The molecule has 90 valence electrons. The summed E-state index contributed by atoms with van der Waals surface area (Å²) >= 11 is 0. The first kappa shape index (κ1) is 11.5. The van der Waals surface area contributed by atoms with Gasteiger partial charge in [0.05, 0.1) is 31.2 Å². The molecular weight excluding hydrogens is 218 g/mol. The highest BCUT2D eigenvalue weighted by Crippen LogP contribution is 2.10. The van der Waals surface area contributed by atoms with Gasteiger partial charge in [-0.3, -0.25) is 4.98 Å². The molecule has 0 saturated carbocycles. The third-order valence-corrected chi connectivity index (χ3v) is 2.52. The molecule has 6 heteroatoms. The normalized spacial score (nSPS) is 10.5. The Bertz CT molecular complexity index is 496. The smallest absolute Gasteiger partial charge is 0.147 e. The number of aromatic nitrogens is 4. The average Bonchev–Trinajstić information content (AvgIpc) is 2.75. The topological polar surface area (TPSA) is 67.1 Å². The monoisotopic (exact) mass is 233 g/mol. The Morgan fingerprint density at radius 2 is 2.24 bits per heavy atom. The SMILES string of the molecule is CN(Cc1nccn1C)c1cncc(CO)n1. The van der Waals surface area contributed by atoms with Crippen molar-refractivity contribution in [1.29, 1.82) is 0 Å². The summed E-state index contributed by atoms with van der Waals surface area (Å²) in [5, 5.41) is 9.01. The minimum Gasteiger partial charge on any atom is -0.390 e. The van der Waals surface area contributed by atoms with Crippen molar-refractivity contribution >= 4 is 5.82 Å². The summed E-state index contributed by atoms with van der Waals surface area (Å²) in [6, 6.07) is 0. The number of anilines is 1. The summed E-state index contributed by atoms with van der Waals surface area (Å²) < 4.78 is 1.96. The van der Waals surface area contributed by atoms with Gasteiger partial charge in [0.25, 0.3) is 0 Å². The van der Waals surface area contributed by atoms with E-state index in [1.54, 1.807) is 18.6 Å². The molecular formula is C11H15N5O. The van der Waals surface area contributed by atoms with Gasteiger partial charge in [0.1, 0.15) is 11.6 Å². The largest absolute Gasteiger partial charge is 0.390 e. The van der Waals surface area contributed by atoms with E-state index in [1.807, 2.05) is 29.8 Å². The Hall–Kier alpha value is -1.95. The summed E-state index contributed by atoms with van der Waals surface area (Å²) in [4.78, 5) is 14.5. The highest BCUT2D eigenvalue weighted by atomic mass is 16.3. The molecule has 0 fully saturated rings. The summed E-state index contributed by atoms with van der Waals surface area (Å²) in [6.45, 7) is 0.546. The average molecular weight is 233 g/mol. The molecule has 2 aromatic rings. The van der Waals surface area contributed by atoms with Crippen LogP contribution in [0.1, 0.15) is 11.5 Å². The quantitative estimate of drug-likeness (QED) is 0.824. The zero-order valence-electron chi connectivity index (χ0n) is 9.91. The van der Waals surface area contributed by atoms with Gasteiger partial charge in [-0.05, 0) is 0 Å². The van der Waals surface area contributed by atoms with E-state index >= 15 is 0 Å². The first-order valence-electron chi connectivity index (χ1n) is 5.30. The molecule has 0 aliphatic heterocycles. The summed E-state index contributed by atoms with van der Waals surface area (Å²) in [6.07, 6.45) is 6.89. The van der Waals surface area contributed by atoms with E-state index in [2.05, 4.69) is 15.0 Å². The van der Waals surface area contributed by atoms with Crippen LogP contribution >= 0.6 is 0 Å². The minimum absolute atomic E-state index is 0.100. The second kappa shape index (κ2) is 4.92. The van der Waals surface area contributed by atoms with Crippen molar-refractivity contribution in [2.45, 2.75) is 13.2 Å². The van der Waals surface area contributed by atoms with Crippen LogP contribution in [0.3, 0.4) is 0 Å². The Balaban J connectivity index is 2.14. The van der Waals surface area contributed by atoms with Crippen LogP contribution in [0.2, 0.25) is 0 Å². The lowest BCUT2D eigenvalue weighted by molar-refractivity contribution is 0.276. The van der Waals surface area contributed by atoms with Crippen molar-refractivity contribution in [3.63, 3.8) is 0 Å². The van der Waals surface area contributed by atoms with Crippen LogP contribution in [0.15, 0.2) is 24.8 Å². The Morgan fingerprint density at radius 3 is 2.88 bits per heavy atom. The highest BCUT2D eigenvalue weighted by molar-refractivity contribution is 5.35. The van der Waals surface area contributed by atoms with Gasteiger partial charge in [0.2, 0.25) is 0 Å². The molecule has 0 atom stereocenters. The molecule has 1 N–H and O–H groups in total. The highest BCUT2D eigenvalue weighted by Gasteiger charge is 2.07. The van der Waals surface area contributed by atoms with E-state index in [4.69, 9.17) is 5.11 Å². The molecule has 0 aliphatic carbocycles. The molecule has 2 rings (SSSR count). The minimum atomic E-state index is -0.100. The molecule has 0 saturated heterocycles. The third kappa shape index (κ3) is 2.59. The van der Waals surface area contributed by atoms with Crippen molar-refractivity contribution in [2.24, 2.45) is 7.05 Å². The van der Waals surface area contributed by atoms with E-state index in [0.29, 0.717) is 12.2 Å². The molecule has 0 aromatic carbocycles. The number of aliphatic hydroxyl groups is 1. The zero-order valence-corrected chi connectivity index (χ0v) is 9.91. The van der Waals surface area contributed by atoms with Crippen LogP contribution in [0.4, 0.5) is 5.82 Å². The molecule has 2 heterocycles. The van der Waals surface area contributed by atoms with Crippen LogP contribution in [0.25, 0.3) is 0 Å². The van der Waals surface area contributed by atoms with Crippen LogP contribution in [0.5, 0.6) is 0 Å². The molecule has 0 radical (unpaired) electrons. The lowest BCUT2D eigenvalue weighted by atomic mass is 10.4. The molecule has 0 spiro atoms. The van der Waals surface area contributed by atoms with E-state index in [9.17, 15) is 0 Å². The number of aliphatic hydroxyl groups excluding tert-OH is 1. The Labute approximate surface area is 99.6 Å². The van der Waals surface area contributed by atoms with Gasteiger partial charge in [0, 0.05) is 26.5 Å². The van der Waals surface area contributed by atoms with Crippen LogP contribution in [0, 0.1) is 0 Å². The molecule has 0 amide bonds. The molecule has 6 nitrogen and oxygen atoms in total. The van der Waals surface area contributed by atoms with E-state index < -0.39 is 0 Å². The maximum absolute atomic E-state index is 9.01. The molecule has 0 bridgehead atoms. The van der Waals surface area contributed by atoms with Crippen LogP contribution in [-0.4, -0.2) is 31.7 Å². The van der Waals surface area contributed by atoms with Crippen molar-refractivity contribution in [1.82, 2.24) is 19.5 Å². The number of hydrogen-bond donors (Lipinski definition) is 1. The van der Waals surface area contributed by atoms with E-state index in [-0.39, 0.29) is 6.61 Å². The maximum atomic E-state index is 9.01. The number of imidazole rings is 1. The second-order valence-corrected chi connectivity index (χ2v) is 3.84. The second-order valence-electron chi connectivity index (χ2n) is 3.84. The Kier molecular flexibility index (Phi) is 3.34. The van der Waals surface area contributed by atoms with Crippen molar-refractivity contribution in [3.05, 3.63) is 36.3 Å². The van der Waals surface area contributed by atoms with Gasteiger partial charge in [-0.2, -0.15) is 0 Å². The number of aryl methyl sites for hydroxylation is 1. The van der Waals surface area contributed by atoms with Gasteiger partial charge in [-0.15, -0.1) is 0 Å². The van der Waals surface area contributed by atoms with Gasteiger partial charge < -0.3 is 14.6 Å². The van der Waals surface area contributed by atoms with Gasteiger partial charge in [-0.1, -0.05) is 0 Å². The number of nitrogens with zero attached hydrogens (tertiary/aromatic N) is 5. The summed E-state index contributed by atoms with van der Waals surface area (Å²) in [5.74, 6) is 1.67. The Morgan fingerprint density at radius 1 is 1.41 bits per heavy atom. The van der Waals surface area contributed by atoms with Crippen LogP contribution in [-0.2, 0) is 20.2 Å². The predicted octanol–water partition coefficient (Wildman–Crippen LogP) is 0.339. The fourth-order valence-electron chi connectivity index (χ4n) is 1.50. The first-order valence-corrected chi connectivity index (χ1v) is 5.30. The predicted molar refractivity (Wildman–Crippen MR) is 63.3 cm³/mol. The van der Waals surface area contributed by atoms with Gasteiger partial charge >= 0.3 is 0 Å². The number of hydrogen-bond acceptors (Lipinski definition) is 5. The van der Waals surface area contributed by atoms with Crippen molar-refractivity contribution < 1.29 is 5.11 Å². The fraction of sp³-hybridized carbons (Fsp3) is 0.364. The molecule has 0 aliphatic rings. The van der Waals surface area contributed by atoms with Crippen molar-refractivity contribution in [3.8, 4) is 0 Å². The summed E-state index contributed by atoms with van der Waals surface area (Å²) in [5.41, 5.74) is 0.564. The van der Waals surface area contributed by atoms with E-state index in [0.717, 1.165) is 11.6 Å². The van der Waals surface area contributed by atoms with Gasteiger partial charge in [0.15, 0.2) is 0 Å². The maximum Gasteiger partial charge on any atom is 0.147 e. The van der Waals surface area contributed by atoms with Gasteiger partial charge in [-0.25, -0.2) is 9.97 Å². The molecule has 0 unspecified atom stereocenters. The third-order valence-electron chi connectivity index (χ3n) is 2.52.